The number of non-ortho nitro benzene ring substituents is 1. The number of H-pyrrole nitrogens is 1. The second-order valence-electron chi connectivity index (χ2n) is 4.84. The molecule has 0 spiro atoms. The monoisotopic (exact) mass is 309 g/mol. The van der Waals surface area contributed by atoms with Crippen LogP contribution in [0.3, 0.4) is 0 Å². The van der Waals surface area contributed by atoms with E-state index in [0.29, 0.717) is 10.9 Å². The Morgan fingerprint density at radius 1 is 1.13 bits per heavy atom. The summed E-state index contributed by atoms with van der Waals surface area (Å²) in [6, 6.07) is 12.4. The molecule has 114 valence electrons. The van der Waals surface area contributed by atoms with E-state index >= 15 is 0 Å². The number of nitrogens with one attached hydrogen (secondary N) is 2. The molecule has 0 saturated carbocycles. The largest absolute Gasteiger partial charge is 0.360 e. The second kappa shape index (κ2) is 5.72. The highest BCUT2D eigenvalue weighted by atomic mass is 16.6. The molecule has 2 N–H and O–H groups in total. The lowest BCUT2D eigenvalue weighted by molar-refractivity contribution is -0.384. The number of nitro benzene ring substituents is 1. The Labute approximate surface area is 129 Å². The van der Waals surface area contributed by atoms with E-state index in [1.54, 1.807) is 24.3 Å². The Morgan fingerprint density at radius 2 is 1.91 bits per heavy atom. The number of carbonyl (C=O) groups excluding carboxylic acids is 1. The molecule has 7 heteroatoms. The van der Waals surface area contributed by atoms with E-state index in [-0.39, 0.29) is 16.9 Å². The maximum Gasteiger partial charge on any atom is 0.271 e. The van der Waals surface area contributed by atoms with Gasteiger partial charge in [-0.15, -0.1) is 0 Å². The second-order valence-corrected chi connectivity index (χ2v) is 4.84. The molecular formula is C16H11N3O4. The zero-order chi connectivity index (χ0) is 16.4. The number of fused-ring (bicyclic) bond motifs is 1. The van der Waals surface area contributed by atoms with Crippen LogP contribution in [0.25, 0.3) is 10.9 Å². The van der Waals surface area contributed by atoms with E-state index in [1.165, 1.54) is 30.5 Å². The molecule has 1 amide bonds. The number of aromatic nitrogens is 1. The maximum absolute atomic E-state index is 12.3. The zero-order valence-corrected chi connectivity index (χ0v) is 11.8. The molecule has 23 heavy (non-hydrogen) atoms. The van der Waals surface area contributed by atoms with Crippen LogP contribution in [0.5, 0.6) is 0 Å². The molecule has 1 aromatic heterocycles. The Bertz CT molecular complexity index is 978. The van der Waals surface area contributed by atoms with Gasteiger partial charge < -0.3 is 10.3 Å². The molecule has 0 atom stereocenters. The SMILES string of the molecule is O=C(Nc1cccc([N+](=O)[O-])c1)c1c[nH]c2ccccc2c1=O. The summed E-state index contributed by atoms with van der Waals surface area (Å²) in [5.74, 6) is -0.627. The highest BCUT2D eigenvalue weighted by Gasteiger charge is 2.14. The predicted octanol–water partition coefficient (Wildman–Crippen LogP) is 2.69. The van der Waals surface area contributed by atoms with Gasteiger partial charge in [-0.2, -0.15) is 0 Å². The summed E-state index contributed by atoms with van der Waals surface area (Å²) in [6.07, 6.45) is 1.33. The average molecular weight is 309 g/mol. The molecule has 3 aromatic rings. The molecule has 1 heterocycles. The van der Waals surface area contributed by atoms with Gasteiger partial charge in [0, 0.05) is 34.9 Å². The summed E-state index contributed by atoms with van der Waals surface area (Å²) in [4.78, 5) is 37.7. The molecule has 3 rings (SSSR count). The van der Waals surface area contributed by atoms with Gasteiger partial charge in [-0.05, 0) is 18.2 Å². The Hall–Kier alpha value is -3.48. The first-order chi connectivity index (χ1) is 11.1. The number of nitrogens with zero attached hydrogens (tertiary/aromatic N) is 1. The Morgan fingerprint density at radius 3 is 2.70 bits per heavy atom. The molecular weight excluding hydrogens is 298 g/mol. The number of amides is 1. The molecule has 0 aliphatic carbocycles. The summed E-state index contributed by atoms with van der Waals surface area (Å²) >= 11 is 0. The third kappa shape index (κ3) is 2.80. The van der Waals surface area contributed by atoms with Crippen molar-refractivity contribution in [3.8, 4) is 0 Å². The fraction of sp³-hybridized carbons (Fsp3) is 0. The van der Waals surface area contributed by atoms with Gasteiger partial charge in [0.15, 0.2) is 0 Å². The zero-order valence-electron chi connectivity index (χ0n) is 11.8. The van der Waals surface area contributed by atoms with Crippen molar-refractivity contribution < 1.29 is 9.72 Å². The van der Waals surface area contributed by atoms with Crippen molar-refractivity contribution in [1.82, 2.24) is 4.98 Å². The standard InChI is InChI=1S/C16H11N3O4/c20-15-12-6-1-2-7-14(12)17-9-13(15)16(21)18-10-4-3-5-11(8-10)19(22)23/h1-9H,(H,17,20)(H,18,21). The number of hydrogen-bond acceptors (Lipinski definition) is 4. The normalized spacial score (nSPS) is 10.4. The average Bonchev–Trinajstić information content (AvgIpc) is 2.55. The first kappa shape index (κ1) is 14.5. The van der Waals surface area contributed by atoms with E-state index in [1.807, 2.05) is 0 Å². The lowest BCUT2D eigenvalue weighted by Gasteiger charge is -2.06. The van der Waals surface area contributed by atoms with Crippen molar-refractivity contribution in [2.24, 2.45) is 0 Å². The van der Waals surface area contributed by atoms with Gasteiger partial charge in [0.25, 0.3) is 11.6 Å². The van der Waals surface area contributed by atoms with E-state index < -0.39 is 16.3 Å². The number of hydrogen-bond donors (Lipinski definition) is 2. The van der Waals surface area contributed by atoms with Gasteiger partial charge >= 0.3 is 0 Å². The number of pyridine rings is 1. The molecule has 0 aliphatic rings. The number of para-hydroxylation sites is 1. The van der Waals surface area contributed by atoms with Gasteiger partial charge in [0.1, 0.15) is 5.56 Å². The number of rotatable bonds is 3. The van der Waals surface area contributed by atoms with E-state index in [4.69, 9.17) is 0 Å². The summed E-state index contributed by atoms with van der Waals surface area (Å²) in [5.41, 5.74) is 0.272. The Kier molecular flexibility index (Phi) is 3.60. The van der Waals surface area contributed by atoms with Crippen molar-refractivity contribution in [2.45, 2.75) is 0 Å². The third-order valence-electron chi connectivity index (χ3n) is 3.35. The van der Waals surface area contributed by atoms with E-state index in [0.717, 1.165) is 0 Å². The molecule has 0 fully saturated rings. The van der Waals surface area contributed by atoms with Crippen LogP contribution in [0, 0.1) is 10.1 Å². The summed E-state index contributed by atoms with van der Waals surface area (Å²) in [6.45, 7) is 0. The van der Waals surface area contributed by atoms with Crippen LogP contribution in [0.1, 0.15) is 10.4 Å². The van der Waals surface area contributed by atoms with Gasteiger partial charge in [0.05, 0.1) is 4.92 Å². The van der Waals surface area contributed by atoms with Crippen molar-refractivity contribution >= 4 is 28.2 Å². The summed E-state index contributed by atoms with van der Waals surface area (Å²) < 4.78 is 0. The van der Waals surface area contributed by atoms with Gasteiger partial charge in [-0.25, -0.2) is 0 Å². The number of carbonyl (C=O) groups is 1. The first-order valence-electron chi connectivity index (χ1n) is 6.72. The minimum atomic E-state index is -0.627. The summed E-state index contributed by atoms with van der Waals surface area (Å²) in [5, 5.41) is 13.6. The molecule has 0 saturated heterocycles. The minimum absolute atomic E-state index is 0.0600. The number of benzene rings is 2. The molecule has 0 aliphatic heterocycles. The fourth-order valence-corrected chi connectivity index (χ4v) is 2.23. The topological polar surface area (TPSA) is 105 Å². The highest BCUT2D eigenvalue weighted by Crippen LogP contribution is 2.17. The minimum Gasteiger partial charge on any atom is -0.360 e. The van der Waals surface area contributed by atoms with Gasteiger partial charge in [0.2, 0.25) is 5.43 Å². The molecule has 0 bridgehead atoms. The van der Waals surface area contributed by atoms with E-state index in [9.17, 15) is 19.7 Å². The number of aromatic amines is 1. The highest BCUT2D eigenvalue weighted by molar-refractivity contribution is 6.05. The molecule has 7 nitrogen and oxygen atoms in total. The maximum atomic E-state index is 12.3. The lowest BCUT2D eigenvalue weighted by Crippen LogP contribution is -2.21. The van der Waals surface area contributed by atoms with Crippen LogP contribution >= 0.6 is 0 Å². The summed E-state index contributed by atoms with van der Waals surface area (Å²) in [7, 11) is 0. The third-order valence-corrected chi connectivity index (χ3v) is 3.35. The van der Waals surface area contributed by atoms with Gasteiger partial charge in [-0.1, -0.05) is 18.2 Å². The van der Waals surface area contributed by atoms with Crippen LogP contribution in [0.2, 0.25) is 0 Å². The van der Waals surface area contributed by atoms with Crippen LogP contribution in [-0.2, 0) is 0 Å². The molecule has 0 radical (unpaired) electrons. The van der Waals surface area contributed by atoms with Crippen molar-refractivity contribution in [1.29, 1.82) is 0 Å². The van der Waals surface area contributed by atoms with Crippen LogP contribution in [0.4, 0.5) is 11.4 Å². The van der Waals surface area contributed by atoms with Crippen molar-refractivity contribution in [3.05, 3.63) is 80.6 Å². The van der Waals surface area contributed by atoms with E-state index in [2.05, 4.69) is 10.3 Å². The Balaban J connectivity index is 1.95. The quantitative estimate of drug-likeness (QED) is 0.573. The lowest BCUT2D eigenvalue weighted by atomic mass is 10.1. The molecule has 2 aromatic carbocycles. The fourth-order valence-electron chi connectivity index (χ4n) is 2.23. The van der Waals surface area contributed by atoms with Gasteiger partial charge in [-0.3, -0.25) is 19.7 Å². The van der Waals surface area contributed by atoms with Crippen LogP contribution in [0.15, 0.2) is 59.5 Å². The molecule has 0 unspecified atom stereocenters. The first-order valence-corrected chi connectivity index (χ1v) is 6.72. The predicted molar refractivity (Wildman–Crippen MR) is 85.6 cm³/mol. The van der Waals surface area contributed by atoms with Crippen LogP contribution in [-0.4, -0.2) is 15.8 Å². The smallest absolute Gasteiger partial charge is 0.271 e. The van der Waals surface area contributed by atoms with Crippen molar-refractivity contribution in [3.63, 3.8) is 0 Å². The number of anilines is 1. The van der Waals surface area contributed by atoms with Crippen molar-refractivity contribution in [2.75, 3.05) is 5.32 Å². The number of nitro groups is 1. The van der Waals surface area contributed by atoms with Crippen LogP contribution < -0.4 is 10.7 Å².